The summed E-state index contributed by atoms with van der Waals surface area (Å²) in [6.45, 7) is 14.3. The molecule has 2 heteroatoms. The van der Waals surface area contributed by atoms with Crippen LogP contribution in [0.2, 0.25) is 0 Å². The van der Waals surface area contributed by atoms with Crippen LogP contribution in [0.25, 0.3) is 11.0 Å². The Morgan fingerprint density at radius 2 is 1.33 bits per heavy atom. The zero-order valence-corrected chi connectivity index (χ0v) is 18.8. The molecule has 6 rings (SSSR count). The topological polar surface area (TPSA) is 25.8 Å². The van der Waals surface area contributed by atoms with Crippen LogP contribution < -0.4 is 0 Å². The van der Waals surface area contributed by atoms with Crippen LogP contribution in [0.4, 0.5) is 0 Å². The highest BCUT2D eigenvalue weighted by Gasteiger charge is 2.86. The first kappa shape index (κ1) is 18.3. The normalized spacial score (nSPS) is 31.5. The van der Waals surface area contributed by atoms with Crippen LogP contribution in [0.15, 0.2) is 66.2 Å². The van der Waals surface area contributed by atoms with E-state index < -0.39 is 0 Å². The summed E-state index contributed by atoms with van der Waals surface area (Å²) in [5, 5.41) is 0. The minimum atomic E-state index is -0.147. The number of hydrogen-bond acceptors (Lipinski definition) is 2. The third-order valence-electron chi connectivity index (χ3n) is 8.13. The SMILES string of the molecule is CC(C)(C)C1=CC2(C(C)(C)C)c3nc4ccccc4nc3C3C1C32c1ccccc1. The molecule has 1 saturated carbocycles. The molecule has 0 amide bonds. The van der Waals surface area contributed by atoms with Gasteiger partial charge < -0.3 is 0 Å². The Labute approximate surface area is 179 Å². The van der Waals surface area contributed by atoms with Crippen molar-refractivity contribution in [2.24, 2.45) is 16.7 Å². The molecule has 0 spiro atoms. The summed E-state index contributed by atoms with van der Waals surface area (Å²) in [6, 6.07) is 19.6. The van der Waals surface area contributed by atoms with Gasteiger partial charge in [0.2, 0.25) is 0 Å². The van der Waals surface area contributed by atoms with Crippen molar-refractivity contribution in [3.63, 3.8) is 0 Å². The Morgan fingerprint density at radius 1 is 0.733 bits per heavy atom. The number of rotatable bonds is 1. The maximum atomic E-state index is 5.33. The molecule has 3 aliphatic carbocycles. The molecule has 2 nitrogen and oxygen atoms in total. The first-order chi connectivity index (χ1) is 14.1. The van der Waals surface area contributed by atoms with E-state index in [0.717, 1.165) is 11.0 Å². The van der Waals surface area contributed by atoms with Gasteiger partial charge in [0.25, 0.3) is 0 Å². The number of nitrogens with zero attached hydrogens (tertiary/aromatic N) is 2. The van der Waals surface area contributed by atoms with Crippen LogP contribution in [-0.2, 0) is 10.8 Å². The Hall–Kier alpha value is -2.48. The van der Waals surface area contributed by atoms with Gasteiger partial charge in [0.15, 0.2) is 0 Å². The first-order valence-electron chi connectivity index (χ1n) is 11.2. The fourth-order valence-corrected chi connectivity index (χ4v) is 7.08. The van der Waals surface area contributed by atoms with E-state index in [4.69, 9.17) is 9.97 Å². The third-order valence-corrected chi connectivity index (χ3v) is 8.13. The lowest BCUT2D eigenvalue weighted by molar-refractivity contribution is 0.188. The highest BCUT2D eigenvalue weighted by Crippen LogP contribution is 2.87. The molecular formula is C28H30N2. The molecule has 2 aromatic carbocycles. The second-order valence-electron chi connectivity index (χ2n) is 11.5. The second kappa shape index (κ2) is 5.22. The molecule has 4 atom stereocenters. The molecule has 30 heavy (non-hydrogen) atoms. The summed E-state index contributed by atoms with van der Waals surface area (Å²) in [5.74, 6) is 0.938. The van der Waals surface area contributed by atoms with E-state index in [1.165, 1.54) is 17.0 Å². The molecule has 4 unspecified atom stereocenters. The summed E-state index contributed by atoms with van der Waals surface area (Å²) < 4.78 is 0. The fraction of sp³-hybridized carbons (Fsp3) is 0.429. The van der Waals surface area contributed by atoms with Gasteiger partial charge >= 0.3 is 0 Å². The summed E-state index contributed by atoms with van der Waals surface area (Å²) in [6.07, 6.45) is 2.64. The van der Waals surface area contributed by atoms with E-state index in [-0.39, 0.29) is 21.7 Å². The van der Waals surface area contributed by atoms with Crippen molar-refractivity contribution in [3.8, 4) is 0 Å². The minimum absolute atomic E-state index is 0.0191. The van der Waals surface area contributed by atoms with Crippen molar-refractivity contribution in [1.82, 2.24) is 9.97 Å². The van der Waals surface area contributed by atoms with Crippen LogP contribution in [-0.4, -0.2) is 9.97 Å². The van der Waals surface area contributed by atoms with Gasteiger partial charge in [-0.15, -0.1) is 0 Å². The van der Waals surface area contributed by atoms with Crippen LogP contribution in [0.3, 0.4) is 0 Å². The van der Waals surface area contributed by atoms with Gasteiger partial charge in [-0.25, -0.2) is 9.97 Å². The Bertz CT molecular complexity index is 1220. The molecule has 1 heterocycles. The van der Waals surface area contributed by atoms with Gasteiger partial charge in [-0.3, -0.25) is 0 Å². The standard InChI is InChI=1S/C28H30N2/c1-25(2,3)18-16-27(26(4,5)6)24-23(29-19-14-10-11-15-20(19)30-24)22-21(18)28(22,27)17-12-8-7-9-13-17/h7-16,21-22H,1-6H3. The molecule has 1 fully saturated rings. The Balaban J connectivity index is 1.75. The van der Waals surface area contributed by atoms with Crippen LogP contribution in [0, 0.1) is 16.7 Å². The molecular weight excluding hydrogens is 364 g/mol. The lowest BCUT2D eigenvalue weighted by atomic mass is 9.57. The van der Waals surface area contributed by atoms with Gasteiger partial charge in [0, 0.05) is 22.7 Å². The second-order valence-corrected chi connectivity index (χ2v) is 11.5. The lowest BCUT2D eigenvalue weighted by Gasteiger charge is -2.45. The highest BCUT2D eigenvalue weighted by molar-refractivity contribution is 5.79. The Morgan fingerprint density at radius 3 is 1.93 bits per heavy atom. The number of allylic oxidation sites excluding steroid dienone is 2. The average Bonchev–Trinajstić information content (AvgIpc) is 3.20. The maximum absolute atomic E-state index is 5.33. The number of hydrogen-bond donors (Lipinski definition) is 0. The quantitative estimate of drug-likeness (QED) is 0.437. The largest absolute Gasteiger partial charge is 0.249 e. The molecule has 3 aliphatic rings. The van der Waals surface area contributed by atoms with Crippen LogP contribution in [0.5, 0.6) is 0 Å². The van der Waals surface area contributed by atoms with Crippen molar-refractivity contribution < 1.29 is 0 Å². The van der Waals surface area contributed by atoms with Crippen LogP contribution >= 0.6 is 0 Å². The smallest absolute Gasteiger partial charge is 0.0890 e. The van der Waals surface area contributed by atoms with Crippen molar-refractivity contribution >= 4 is 11.0 Å². The van der Waals surface area contributed by atoms with Crippen molar-refractivity contribution in [3.05, 3.63) is 83.2 Å². The van der Waals surface area contributed by atoms with Gasteiger partial charge in [-0.05, 0) is 28.5 Å². The zero-order valence-electron chi connectivity index (χ0n) is 18.8. The molecule has 0 N–H and O–H groups in total. The van der Waals surface area contributed by atoms with E-state index in [0.29, 0.717) is 11.8 Å². The fourth-order valence-electron chi connectivity index (χ4n) is 7.08. The highest BCUT2D eigenvalue weighted by atomic mass is 15.0. The monoisotopic (exact) mass is 394 g/mol. The maximum Gasteiger partial charge on any atom is 0.0890 e. The van der Waals surface area contributed by atoms with Gasteiger partial charge in [0.1, 0.15) is 0 Å². The van der Waals surface area contributed by atoms with Gasteiger partial charge in [-0.2, -0.15) is 0 Å². The van der Waals surface area contributed by atoms with Crippen molar-refractivity contribution in [2.45, 2.75) is 58.3 Å². The molecule has 0 radical (unpaired) electrons. The van der Waals surface area contributed by atoms with Crippen molar-refractivity contribution in [2.75, 3.05) is 0 Å². The van der Waals surface area contributed by atoms with E-state index >= 15 is 0 Å². The summed E-state index contributed by atoms with van der Waals surface area (Å²) in [4.78, 5) is 10.6. The van der Waals surface area contributed by atoms with Gasteiger partial charge in [-0.1, -0.05) is 95.7 Å². The summed E-state index contributed by atoms with van der Waals surface area (Å²) in [5.41, 5.74) is 7.58. The van der Waals surface area contributed by atoms with Crippen LogP contribution in [0.1, 0.15) is 64.4 Å². The molecule has 0 bridgehead atoms. The molecule has 3 aromatic rings. The van der Waals surface area contributed by atoms with E-state index in [2.05, 4.69) is 102 Å². The van der Waals surface area contributed by atoms with E-state index in [9.17, 15) is 0 Å². The molecule has 0 saturated heterocycles. The molecule has 152 valence electrons. The molecule has 0 aliphatic heterocycles. The number of benzene rings is 2. The lowest BCUT2D eigenvalue weighted by Crippen LogP contribution is -2.47. The predicted octanol–water partition coefficient (Wildman–Crippen LogP) is 6.56. The minimum Gasteiger partial charge on any atom is -0.249 e. The zero-order chi connectivity index (χ0) is 21.1. The average molecular weight is 395 g/mol. The predicted molar refractivity (Wildman–Crippen MR) is 123 cm³/mol. The van der Waals surface area contributed by atoms with E-state index in [1.807, 2.05) is 0 Å². The van der Waals surface area contributed by atoms with E-state index in [1.54, 1.807) is 5.57 Å². The first-order valence-corrected chi connectivity index (χ1v) is 11.2. The molecule has 1 aromatic heterocycles. The number of aromatic nitrogens is 2. The van der Waals surface area contributed by atoms with Crippen molar-refractivity contribution in [1.29, 1.82) is 0 Å². The third kappa shape index (κ3) is 1.83. The summed E-state index contributed by atoms with van der Waals surface area (Å²) in [7, 11) is 0. The van der Waals surface area contributed by atoms with Gasteiger partial charge in [0.05, 0.1) is 22.4 Å². The number of fused-ring (bicyclic) bond motifs is 5. The Kier molecular flexibility index (Phi) is 3.18. The summed E-state index contributed by atoms with van der Waals surface area (Å²) >= 11 is 0. The number of para-hydroxylation sites is 2.